The number of halogens is 3. The molecule has 1 aromatic carbocycles. The molecule has 0 aliphatic rings. The summed E-state index contributed by atoms with van der Waals surface area (Å²) < 4.78 is 25.7. The molecule has 0 saturated carbocycles. The minimum Gasteiger partial charge on any atom is -0.391 e. The number of nitrogens with one attached hydrogen (secondary N) is 1. The molecule has 90 valence electrons. The molecular formula is C11H9ClF2N2O. The van der Waals surface area contributed by atoms with E-state index in [2.05, 4.69) is 10.3 Å². The Kier molecular flexibility index (Phi) is 4.78. The van der Waals surface area contributed by atoms with Gasteiger partial charge in [0.2, 0.25) is 5.83 Å². The maximum Gasteiger partial charge on any atom is 0.307 e. The second-order valence-corrected chi connectivity index (χ2v) is 3.43. The van der Waals surface area contributed by atoms with E-state index in [1.165, 1.54) is 19.2 Å². The van der Waals surface area contributed by atoms with Crippen molar-refractivity contribution in [1.29, 1.82) is 0 Å². The average molecular weight is 259 g/mol. The highest BCUT2D eigenvalue weighted by atomic mass is 35.5. The molecule has 0 radical (unpaired) electrons. The number of amides is 1. The third-order valence-electron chi connectivity index (χ3n) is 1.75. The topological polar surface area (TPSA) is 41.5 Å². The van der Waals surface area contributed by atoms with Crippen LogP contribution in [0.4, 0.5) is 8.78 Å². The van der Waals surface area contributed by atoms with Crippen molar-refractivity contribution < 1.29 is 13.6 Å². The number of benzene rings is 1. The molecule has 0 fully saturated rings. The van der Waals surface area contributed by atoms with Crippen LogP contribution in [-0.4, -0.2) is 19.2 Å². The Morgan fingerprint density at radius 3 is 2.82 bits per heavy atom. The lowest BCUT2D eigenvalue weighted by Gasteiger charge is -1.95. The Hall–Kier alpha value is -1.75. The predicted octanol–water partition coefficient (Wildman–Crippen LogP) is 2.45. The fourth-order valence-corrected chi connectivity index (χ4v) is 1.16. The molecule has 0 aliphatic heterocycles. The highest BCUT2D eigenvalue weighted by Crippen LogP contribution is 2.14. The summed E-state index contributed by atoms with van der Waals surface area (Å²) >= 11 is 5.52. The zero-order valence-electron chi connectivity index (χ0n) is 8.88. The lowest BCUT2D eigenvalue weighted by Crippen LogP contribution is -2.01. The van der Waals surface area contributed by atoms with Crippen LogP contribution in [0.2, 0.25) is 5.02 Å². The molecule has 0 unspecified atom stereocenters. The van der Waals surface area contributed by atoms with Crippen molar-refractivity contribution in [3.8, 4) is 0 Å². The first-order chi connectivity index (χ1) is 8.04. The van der Waals surface area contributed by atoms with E-state index in [-0.39, 0.29) is 5.02 Å². The van der Waals surface area contributed by atoms with Gasteiger partial charge in [-0.1, -0.05) is 17.7 Å². The highest BCUT2D eigenvalue weighted by Gasteiger charge is 2.05. The molecule has 17 heavy (non-hydrogen) atoms. The van der Waals surface area contributed by atoms with E-state index in [0.717, 1.165) is 18.5 Å². The third kappa shape index (κ3) is 3.96. The van der Waals surface area contributed by atoms with Gasteiger partial charge >= 0.3 is 5.91 Å². The Morgan fingerprint density at radius 1 is 1.53 bits per heavy atom. The van der Waals surface area contributed by atoms with Crippen molar-refractivity contribution in [1.82, 2.24) is 5.32 Å². The zero-order chi connectivity index (χ0) is 12.8. The molecule has 1 N–H and O–H groups in total. The van der Waals surface area contributed by atoms with Crippen LogP contribution in [-0.2, 0) is 4.79 Å². The molecule has 0 saturated heterocycles. The maximum atomic E-state index is 12.9. The van der Waals surface area contributed by atoms with Gasteiger partial charge in [0.1, 0.15) is 5.82 Å². The van der Waals surface area contributed by atoms with E-state index in [9.17, 15) is 13.6 Å². The molecular weight excluding hydrogens is 250 g/mol. The quantitative estimate of drug-likeness (QED) is 0.668. The van der Waals surface area contributed by atoms with E-state index in [1.54, 1.807) is 0 Å². The van der Waals surface area contributed by atoms with Crippen LogP contribution in [0.1, 0.15) is 5.56 Å². The normalized spacial score (nSPS) is 11.9. The van der Waals surface area contributed by atoms with Crippen molar-refractivity contribution in [2.75, 3.05) is 7.05 Å². The molecule has 0 spiro atoms. The summed E-state index contributed by atoms with van der Waals surface area (Å²) in [5, 5.41) is 2.27. The largest absolute Gasteiger partial charge is 0.391 e. The van der Waals surface area contributed by atoms with Gasteiger partial charge in [-0.2, -0.15) is 4.39 Å². The summed E-state index contributed by atoms with van der Waals surface area (Å²) in [6, 6.07) is 3.79. The predicted molar refractivity (Wildman–Crippen MR) is 62.3 cm³/mol. The van der Waals surface area contributed by atoms with E-state index in [0.29, 0.717) is 5.56 Å². The Balaban J connectivity index is 2.80. The van der Waals surface area contributed by atoms with Crippen molar-refractivity contribution in [3.05, 3.63) is 46.6 Å². The first kappa shape index (κ1) is 13.3. The SMILES string of the molecule is CN/C=C(/F)C(=O)N=Cc1ccc(F)c(Cl)c1. The lowest BCUT2D eigenvalue weighted by molar-refractivity contribution is -0.115. The van der Waals surface area contributed by atoms with E-state index < -0.39 is 17.6 Å². The minimum absolute atomic E-state index is 0.0902. The van der Waals surface area contributed by atoms with Gasteiger partial charge in [0.15, 0.2) is 0 Å². The number of aliphatic imine (C=N–C) groups is 1. The minimum atomic E-state index is -1.03. The Bertz CT molecular complexity index is 486. The van der Waals surface area contributed by atoms with Crippen molar-refractivity contribution in [3.63, 3.8) is 0 Å². The molecule has 0 heterocycles. The monoisotopic (exact) mass is 258 g/mol. The second kappa shape index (κ2) is 6.10. The van der Waals surface area contributed by atoms with E-state index >= 15 is 0 Å². The van der Waals surface area contributed by atoms with Crippen molar-refractivity contribution in [2.45, 2.75) is 0 Å². The molecule has 1 amide bonds. The van der Waals surface area contributed by atoms with Crippen molar-refractivity contribution >= 4 is 23.7 Å². The van der Waals surface area contributed by atoms with Gasteiger partial charge in [-0.25, -0.2) is 9.38 Å². The summed E-state index contributed by atoms with van der Waals surface area (Å²) in [6.07, 6.45) is 1.99. The fourth-order valence-electron chi connectivity index (χ4n) is 0.976. The van der Waals surface area contributed by atoms with Gasteiger partial charge < -0.3 is 5.32 Å². The zero-order valence-corrected chi connectivity index (χ0v) is 9.63. The fraction of sp³-hybridized carbons (Fsp3) is 0.0909. The lowest BCUT2D eigenvalue weighted by atomic mass is 10.2. The average Bonchev–Trinajstić information content (AvgIpc) is 2.30. The molecule has 1 aromatic rings. The van der Waals surface area contributed by atoms with Gasteiger partial charge in [0, 0.05) is 19.5 Å². The van der Waals surface area contributed by atoms with Gasteiger partial charge in [-0.05, 0) is 17.7 Å². The van der Waals surface area contributed by atoms with Crippen LogP contribution in [0.25, 0.3) is 0 Å². The smallest absolute Gasteiger partial charge is 0.307 e. The molecule has 1 rings (SSSR count). The second-order valence-electron chi connectivity index (χ2n) is 3.02. The van der Waals surface area contributed by atoms with Crippen LogP contribution in [0, 0.1) is 5.82 Å². The molecule has 0 aliphatic carbocycles. The first-order valence-electron chi connectivity index (χ1n) is 4.61. The summed E-state index contributed by atoms with van der Waals surface area (Å²) in [5.41, 5.74) is 0.405. The molecule has 0 aromatic heterocycles. The number of carbonyl (C=O) groups is 1. The van der Waals surface area contributed by atoms with Gasteiger partial charge in [0.25, 0.3) is 0 Å². The van der Waals surface area contributed by atoms with Crippen LogP contribution in [0.3, 0.4) is 0 Å². The van der Waals surface area contributed by atoms with Gasteiger partial charge in [0.05, 0.1) is 5.02 Å². The Labute approximate surface area is 102 Å². The highest BCUT2D eigenvalue weighted by molar-refractivity contribution is 6.31. The number of carbonyl (C=O) groups excluding carboxylic acids is 1. The molecule has 0 atom stereocenters. The Morgan fingerprint density at radius 2 is 2.24 bits per heavy atom. The number of nitrogens with zero attached hydrogens (tertiary/aromatic N) is 1. The van der Waals surface area contributed by atoms with Gasteiger partial charge in [-0.3, -0.25) is 4.79 Å². The summed E-state index contributed by atoms with van der Waals surface area (Å²) in [5.74, 6) is -2.62. The van der Waals surface area contributed by atoms with Crippen LogP contribution >= 0.6 is 11.6 Å². The van der Waals surface area contributed by atoms with E-state index in [4.69, 9.17) is 11.6 Å². The van der Waals surface area contributed by atoms with Crippen LogP contribution < -0.4 is 5.32 Å². The first-order valence-corrected chi connectivity index (χ1v) is 4.98. The maximum absolute atomic E-state index is 12.9. The molecule has 0 bridgehead atoms. The summed E-state index contributed by atoms with van der Waals surface area (Å²) in [4.78, 5) is 14.4. The molecule has 6 heteroatoms. The van der Waals surface area contributed by atoms with Crippen molar-refractivity contribution in [2.24, 2.45) is 4.99 Å². The number of rotatable bonds is 3. The summed E-state index contributed by atoms with van der Waals surface area (Å²) in [7, 11) is 1.45. The standard InChI is InChI=1S/C11H9ClF2N2O/c1-15-6-10(14)11(17)16-5-7-2-3-9(13)8(12)4-7/h2-6,15H,1H3/b10-6+,16-5?. The molecule has 3 nitrogen and oxygen atoms in total. The number of hydrogen-bond acceptors (Lipinski definition) is 2. The van der Waals surface area contributed by atoms with E-state index in [1.807, 2.05) is 0 Å². The summed E-state index contributed by atoms with van der Waals surface area (Å²) in [6.45, 7) is 0. The van der Waals surface area contributed by atoms with Crippen LogP contribution in [0.15, 0.2) is 35.2 Å². The third-order valence-corrected chi connectivity index (χ3v) is 2.04. The van der Waals surface area contributed by atoms with Crippen LogP contribution in [0.5, 0.6) is 0 Å². The van der Waals surface area contributed by atoms with Gasteiger partial charge in [-0.15, -0.1) is 0 Å². The number of hydrogen-bond donors (Lipinski definition) is 1.